The monoisotopic (exact) mass is 521 g/mol. The van der Waals surface area contributed by atoms with Gasteiger partial charge < -0.3 is 30.0 Å². The van der Waals surface area contributed by atoms with Crippen molar-refractivity contribution in [1.82, 2.24) is 19.5 Å². The predicted octanol–water partition coefficient (Wildman–Crippen LogP) is 1.78. The van der Waals surface area contributed by atoms with E-state index in [4.69, 9.17) is 24.5 Å². The van der Waals surface area contributed by atoms with E-state index in [0.29, 0.717) is 17.7 Å². The number of aromatic nitrogens is 4. The third kappa shape index (κ3) is 6.64. The Kier molecular flexibility index (Phi) is 8.41. The highest BCUT2D eigenvalue weighted by Gasteiger charge is 2.38. The molecule has 0 radical (unpaired) electrons. The van der Waals surface area contributed by atoms with Crippen LogP contribution in [0.15, 0.2) is 29.1 Å². The number of imidazole rings is 1. The van der Waals surface area contributed by atoms with Gasteiger partial charge in [0.25, 0.3) is 0 Å². The summed E-state index contributed by atoms with van der Waals surface area (Å²) in [7, 11) is 0.661. The number of nitrogens with one attached hydrogen (secondary N) is 1. The molecule has 3 aromatic rings. The minimum atomic E-state index is -2.46. The van der Waals surface area contributed by atoms with E-state index in [1.807, 2.05) is 0 Å². The summed E-state index contributed by atoms with van der Waals surface area (Å²) in [6.07, 6.45) is -0.312. The van der Waals surface area contributed by atoms with Crippen LogP contribution in [-0.4, -0.2) is 56.9 Å². The molecule has 2 aromatic heterocycles. The Bertz CT molecular complexity index is 1300. The first-order valence-corrected chi connectivity index (χ1v) is 11.6. The number of nitrogen functional groups attached to an aromatic ring is 1. The molecule has 4 N–H and O–H groups in total. The predicted molar refractivity (Wildman–Crippen MR) is 128 cm³/mol. The van der Waals surface area contributed by atoms with E-state index < -0.39 is 31.7 Å². The molecule has 1 atom stereocenters. The van der Waals surface area contributed by atoms with E-state index in [1.165, 1.54) is 11.7 Å². The summed E-state index contributed by atoms with van der Waals surface area (Å²) >= 11 is 0. The number of ether oxygens (including phenoxy) is 3. The number of carbonyl (C=O) groups is 1. The molecule has 0 amide bonds. The van der Waals surface area contributed by atoms with E-state index in [2.05, 4.69) is 15.0 Å². The van der Waals surface area contributed by atoms with Crippen LogP contribution < -0.4 is 16.2 Å². The lowest BCUT2D eigenvalue weighted by atomic mass is 9.97. The van der Waals surface area contributed by atoms with Crippen molar-refractivity contribution in [3.05, 3.63) is 45.9 Å². The normalized spacial score (nSPS) is 13.6. The highest BCUT2D eigenvalue weighted by atomic mass is 31.1. The lowest BCUT2D eigenvalue weighted by Gasteiger charge is -2.28. The van der Waals surface area contributed by atoms with Crippen molar-refractivity contribution >= 4 is 31.6 Å². The fourth-order valence-electron chi connectivity index (χ4n) is 3.18. The molecule has 0 aliphatic carbocycles. The van der Waals surface area contributed by atoms with E-state index in [1.54, 1.807) is 45.0 Å². The first-order valence-electron chi connectivity index (χ1n) is 10.9. The van der Waals surface area contributed by atoms with Crippen LogP contribution in [0, 0.1) is 5.41 Å². The number of methoxy groups -OCH3 is 1. The molecule has 194 valence electrons. The molecule has 1 aromatic carbocycles. The Morgan fingerprint density at radius 1 is 1.22 bits per heavy atom. The van der Waals surface area contributed by atoms with Crippen molar-refractivity contribution in [1.29, 1.82) is 0 Å². The van der Waals surface area contributed by atoms with Crippen LogP contribution in [0.2, 0.25) is 0 Å². The Morgan fingerprint density at radius 3 is 2.61 bits per heavy atom. The number of benzene rings is 1. The van der Waals surface area contributed by atoms with Crippen molar-refractivity contribution in [2.75, 3.05) is 26.1 Å². The molecule has 0 aliphatic heterocycles. The summed E-state index contributed by atoms with van der Waals surface area (Å²) in [5.41, 5.74) is 6.24. The zero-order valence-corrected chi connectivity index (χ0v) is 21.2. The van der Waals surface area contributed by atoms with Gasteiger partial charge in [0.2, 0.25) is 0 Å². The molecule has 0 saturated heterocycles. The van der Waals surface area contributed by atoms with Gasteiger partial charge in [0.1, 0.15) is 12.1 Å². The van der Waals surface area contributed by atoms with Gasteiger partial charge in [-0.05, 0) is 31.9 Å². The zero-order chi connectivity index (χ0) is 26.5. The Balaban J connectivity index is 1.88. The third-order valence-electron chi connectivity index (χ3n) is 4.95. The number of rotatable bonds is 11. The molecule has 0 fully saturated rings. The average Bonchev–Trinajstić information content (AvgIpc) is 3.09. The number of nitrogens with zero attached hydrogens (tertiary/aromatic N) is 3. The lowest BCUT2D eigenvalue weighted by Crippen LogP contribution is -2.41. The Hall–Kier alpha value is -3.38. The molecular formula is C22H28N5O8P. The lowest BCUT2D eigenvalue weighted by molar-refractivity contribution is -0.302. The SMILES string of the molecule is COCCOc1nc(N)c2[nH]c(=O)n(Cc3cccc(CC(O)(OP=O)OC(=O)C(C)(C)C)c3)c2n1. The standard InChI is InChI=1S/C22H28N5O8P/c1-21(2,3)18(28)34-22(30,35-36-31)11-13-6-5-7-14(10-13)12-27-17-15(24-20(27)29)16(23)25-19(26-17)33-9-8-32-4/h5-7,10,30H,8-9,11-12H2,1-4H3,(H,24,29)(H2,23,25,26). The second-order valence-corrected chi connectivity index (χ2v) is 9.29. The summed E-state index contributed by atoms with van der Waals surface area (Å²) in [5.74, 6) is -3.15. The summed E-state index contributed by atoms with van der Waals surface area (Å²) in [6.45, 7) is 5.42. The number of nitrogens with two attached hydrogens (primary N) is 1. The molecule has 3 rings (SSSR count). The van der Waals surface area contributed by atoms with Crippen molar-refractivity contribution in [2.45, 2.75) is 39.7 Å². The van der Waals surface area contributed by atoms with Gasteiger partial charge in [-0.1, -0.05) is 24.3 Å². The van der Waals surface area contributed by atoms with Gasteiger partial charge in [0.15, 0.2) is 11.5 Å². The fraction of sp³-hybridized carbons (Fsp3) is 0.455. The van der Waals surface area contributed by atoms with Crippen LogP contribution >= 0.6 is 8.69 Å². The molecule has 13 nitrogen and oxygen atoms in total. The highest BCUT2D eigenvalue weighted by Crippen LogP contribution is 2.27. The van der Waals surface area contributed by atoms with Crippen molar-refractivity contribution in [3.63, 3.8) is 0 Å². The molecule has 0 spiro atoms. The first-order chi connectivity index (χ1) is 17.0. The van der Waals surface area contributed by atoms with Crippen LogP contribution in [-0.2, 0) is 36.3 Å². The number of carbonyl (C=O) groups excluding carboxylic acids is 1. The maximum Gasteiger partial charge on any atom is 0.341 e. The molecule has 36 heavy (non-hydrogen) atoms. The van der Waals surface area contributed by atoms with E-state index in [9.17, 15) is 19.3 Å². The third-order valence-corrected chi connectivity index (χ3v) is 5.31. The largest absolute Gasteiger partial charge is 0.461 e. The molecular weight excluding hydrogens is 493 g/mol. The Labute approximate surface area is 207 Å². The number of fused-ring (bicyclic) bond motifs is 1. The summed E-state index contributed by atoms with van der Waals surface area (Å²) < 4.78 is 32.7. The summed E-state index contributed by atoms with van der Waals surface area (Å²) in [5, 5.41) is 10.7. The van der Waals surface area contributed by atoms with Gasteiger partial charge in [0, 0.05) is 7.11 Å². The van der Waals surface area contributed by atoms with Gasteiger partial charge in [-0.15, -0.1) is 0 Å². The number of H-pyrrole nitrogens is 1. The molecule has 2 heterocycles. The summed E-state index contributed by atoms with van der Waals surface area (Å²) in [6, 6.07) is 6.77. The van der Waals surface area contributed by atoms with Crippen LogP contribution in [0.3, 0.4) is 0 Å². The van der Waals surface area contributed by atoms with Crippen LogP contribution in [0.4, 0.5) is 5.82 Å². The van der Waals surface area contributed by atoms with Crippen molar-refractivity contribution in [2.24, 2.45) is 5.41 Å². The number of aromatic amines is 1. The maximum atomic E-state index is 12.7. The summed E-state index contributed by atoms with van der Waals surface area (Å²) in [4.78, 5) is 35.9. The van der Waals surface area contributed by atoms with Crippen molar-refractivity contribution in [3.8, 4) is 6.01 Å². The number of aliphatic hydroxyl groups is 1. The highest BCUT2D eigenvalue weighted by molar-refractivity contribution is 7.17. The van der Waals surface area contributed by atoms with Gasteiger partial charge in [-0.25, -0.2) is 13.9 Å². The smallest absolute Gasteiger partial charge is 0.341 e. The van der Waals surface area contributed by atoms with E-state index in [0.717, 1.165) is 0 Å². The number of esters is 1. The average molecular weight is 521 g/mol. The number of anilines is 1. The fourth-order valence-corrected chi connectivity index (χ4v) is 3.40. The zero-order valence-electron chi connectivity index (χ0n) is 20.3. The maximum absolute atomic E-state index is 12.7. The first kappa shape index (κ1) is 27.2. The van der Waals surface area contributed by atoms with Crippen molar-refractivity contribution < 1.29 is 33.2 Å². The number of hydrogen-bond acceptors (Lipinski definition) is 11. The minimum Gasteiger partial charge on any atom is -0.461 e. The minimum absolute atomic E-state index is 0.00166. The molecule has 14 heteroatoms. The second-order valence-electron chi connectivity index (χ2n) is 8.96. The van der Waals surface area contributed by atoms with Gasteiger partial charge in [0.05, 0.1) is 25.0 Å². The van der Waals surface area contributed by atoms with Crippen LogP contribution in [0.25, 0.3) is 11.2 Å². The molecule has 0 aliphatic rings. The van der Waals surface area contributed by atoms with Gasteiger partial charge in [-0.2, -0.15) is 9.97 Å². The van der Waals surface area contributed by atoms with E-state index in [-0.39, 0.29) is 42.6 Å². The van der Waals surface area contributed by atoms with Crippen LogP contribution in [0.1, 0.15) is 31.9 Å². The Morgan fingerprint density at radius 2 is 1.94 bits per heavy atom. The number of hydrogen-bond donors (Lipinski definition) is 3. The van der Waals surface area contributed by atoms with E-state index >= 15 is 0 Å². The molecule has 0 saturated carbocycles. The quantitative estimate of drug-likeness (QED) is 0.145. The van der Waals surface area contributed by atoms with Gasteiger partial charge >= 0.3 is 32.3 Å². The van der Waals surface area contributed by atoms with Crippen LogP contribution in [0.5, 0.6) is 6.01 Å². The molecule has 0 bridgehead atoms. The second kappa shape index (κ2) is 11.1. The van der Waals surface area contributed by atoms with Gasteiger partial charge in [-0.3, -0.25) is 9.36 Å². The molecule has 1 unspecified atom stereocenters. The topological polar surface area (TPSA) is 181 Å².